The third-order valence-corrected chi connectivity index (χ3v) is 6.24. The number of hydrogen-bond acceptors (Lipinski definition) is 6. The molecule has 1 aromatic heterocycles. The number of rotatable bonds is 4. The lowest BCUT2D eigenvalue weighted by Crippen LogP contribution is -2.38. The zero-order valence-electron chi connectivity index (χ0n) is 17.5. The summed E-state index contributed by atoms with van der Waals surface area (Å²) in [5.74, 6) is -0.321. The Morgan fingerprint density at radius 3 is 2.84 bits per heavy atom. The fourth-order valence-corrected chi connectivity index (χ4v) is 4.33. The molecule has 0 bridgehead atoms. The summed E-state index contributed by atoms with van der Waals surface area (Å²) in [7, 11) is 0. The lowest BCUT2D eigenvalue weighted by atomic mass is 9.96. The van der Waals surface area contributed by atoms with Crippen molar-refractivity contribution in [3.8, 4) is 11.8 Å². The van der Waals surface area contributed by atoms with Crippen LogP contribution < -0.4 is 5.69 Å². The van der Waals surface area contributed by atoms with Crippen LogP contribution in [0.5, 0.6) is 0 Å². The van der Waals surface area contributed by atoms with Gasteiger partial charge in [-0.3, -0.25) is 9.47 Å². The topological polar surface area (TPSA) is 93.2 Å². The third-order valence-electron chi connectivity index (χ3n) is 6.24. The SMILES string of the molecule is Cc1c(CCN2CCn3c(nn(-c4ccc(C#N)c(F)c4)c3=O)C2)ccc2c1COC2=O. The zero-order valence-corrected chi connectivity index (χ0v) is 17.5. The average Bonchev–Trinajstić information content (AvgIpc) is 3.33. The van der Waals surface area contributed by atoms with Gasteiger partial charge in [-0.1, -0.05) is 6.07 Å². The van der Waals surface area contributed by atoms with Gasteiger partial charge in [-0.05, 0) is 42.7 Å². The Morgan fingerprint density at radius 1 is 1.22 bits per heavy atom. The Bertz CT molecular complexity index is 1350. The van der Waals surface area contributed by atoms with Crippen LogP contribution >= 0.6 is 0 Å². The zero-order chi connectivity index (χ0) is 22.4. The minimum Gasteiger partial charge on any atom is -0.457 e. The maximum Gasteiger partial charge on any atom is 0.350 e. The number of hydrogen-bond donors (Lipinski definition) is 0. The van der Waals surface area contributed by atoms with Gasteiger partial charge in [0.15, 0.2) is 0 Å². The summed E-state index contributed by atoms with van der Waals surface area (Å²) in [5, 5.41) is 13.3. The molecule has 162 valence electrons. The number of carbonyl (C=O) groups is 1. The molecule has 2 aliphatic heterocycles. The van der Waals surface area contributed by atoms with Gasteiger partial charge in [0.05, 0.1) is 23.4 Å². The quantitative estimate of drug-likeness (QED) is 0.585. The van der Waals surface area contributed by atoms with Gasteiger partial charge >= 0.3 is 11.7 Å². The first-order valence-corrected chi connectivity index (χ1v) is 10.4. The summed E-state index contributed by atoms with van der Waals surface area (Å²) in [6.07, 6.45) is 0.805. The van der Waals surface area contributed by atoms with Gasteiger partial charge in [0, 0.05) is 31.3 Å². The number of fused-ring (bicyclic) bond motifs is 2. The van der Waals surface area contributed by atoms with Crippen molar-refractivity contribution < 1.29 is 13.9 Å². The number of nitriles is 1. The number of halogens is 1. The number of benzene rings is 2. The van der Waals surface area contributed by atoms with E-state index in [1.807, 2.05) is 19.1 Å². The molecule has 0 radical (unpaired) electrons. The molecule has 5 rings (SSSR count). The van der Waals surface area contributed by atoms with Gasteiger partial charge in [0.25, 0.3) is 0 Å². The number of cyclic esters (lactones) is 1. The van der Waals surface area contributed by atoms with E-state index in [4.69, 9.17) is 10.00 Å². The van der Waals surface area contributed by atoms with Crippen molar-refractivity contribution in [3.05, 3.63) is 80.3 Å². The summed E-state index contributed by atoms with van der Waals surface area (Å²) in [6, 6.07) is 9.61. The van der Waals surface area contributed by atoms with Crippen LogP contribution in [0, 0.1) is 24.1 Å². The van der Waals surface area contributed by atoms with E-state index in [1.165, 1.54) is 22.4 Å². The monoisotopic (exact) mass is 433 g/mol. The Labute approximate surface area is 183 Å². The Morgan fingerprint density at radius 2 is 2.06 bits per heavy atom. The molecule has 2 aromatic carbocycles. The molecular weight excluding hydrogens is 413 g/mol. The summed E-state index contributed by atoms with van der Waals surface area (Å²) >= 11 is 0. The first-order chi connectivity index (χ1) is 15.5. The van der Waals surface area contributed by atoms with Gasteiger partial charge in [0.2, 0.25) is 0 Å². The van der Waals surface area contributed by atoms with E-state index in [0.29, 0.717) is 43.3 Å². The summed E-state index contributed by atoms with van der Waals surface area (Å²) in [5.41, 5.74) is 3.78. The molecule has 8 nitrogen and oxygen atoms in total. The van der Waals surface area contributed by atoms with Crippen molar-refractivity contribution in [1.82, 2.24) is 19.2 Å². The van der Waals surface area contributed by atoms with Crippen molar-refractivity contribution >= 4 is 5.97 Å². The molecule has 0 spiro atoms. The van der Waals surface area contributed by atoms with Crippen molar-refractivity contribution in [3.63, 3.8) is 0 Å². The number of aromatic nitrogens is 3. The Hall–Kier alpha value is -3.77. The average molecular weight is 433 g/mol. The molecule has 0 amide bonds. The van der Waals surface area contributed by atoms with Gasteiger partial charge in [-0.2, -0.15) is 9.94 Å². The highest BCUT2D eigenvalue weighted by Crippen LogP contribution is 2.26. The fourth-order valence-electron chi connectivity index (χ4n) is 4.33. The van der Waals surface area contributed by atoms with Crippen LogP contribution in [0.3, 0.4) is 0 Å². The number of carbonyl (C=O) groups excluding carboxylic acids is 1. The standard InChI is InChI=1S/C23H20FN5O3/c1-14-15(3-5-18-19(14)13-32-22(18)30)6-7-27-8-9-28-21(12-27)26-29(23(28)31)17-4-2-16(11-25)20(24)10-17/h2-5,10H,6-9,12-13H2,1H3. The molecule has 0 unspecified atom stereocenters. The predicted molar refractivity (Wildman–Crippen MR) is 112 cm³/mol. The van der Waals surface area contributed by atoms with Crippen LogP contribution in [0.15, 0.2) is 35.1 Å². The van der Waals surface area contributed by atoms with E-state index in [9.17, 15) is 14.0 Å². The number of ether oxygens (including phenoxy) is 1. The van der Waals surface area contributed by atoms with Crippen LogP contribution in [0.25, 0.3) is 5.69 Å². The lowest BCUT2D eigenvalue weighted by Gasteiger charge is -2.26. The second-order valence-corrected chi connectivity index (χ2v) is 8.02. The van der Waals surface area contributed by atoms with Gasteiger partial charge in [-0.25, -0.2) is 14.0 Å². The molecule has 3 aromatic rings. The van der Waals surface area contributed by atoms with Crippen LogP contribution in [-0.4, -0.2) is 38.3 Å². The summed E-state index contributed by atoms with van der Waals surface area (Å²) in [6.45, 7) is 4.83. The molecule has 0 fully saturated rings. The molecule has 0 saturated heterocycles. The molecule has 0 atom stereocenters. The van der Waals surface area contributed by atoms with Gasteiger partial charge in [0.1, 0.15) is 24.3 Å². The van der Waals surface area contributed by atoms with Crippen LogP contribution in [0.2, 0.25) is 0 Å². The van der Waals surface area contributed by atoms with Crippen LogP contribution in [0.4, 0.5) is 4.39 Å². The molecule has 0 saturated carbocycles. The largest absolute Gasteiger partial charge is 0.457 e. The van der Waals surface area contributed by atoms with E-state index in [1.54, 1.807) is 10.6 Å². The maximum absolute atomic E-state index is 14.0. The van der Waals surface area contributed by atoms with E-state index < -0.39 is 5.82 Å². The van der Waals surface area contributed by atoms with E-state index in [2.05, 4.69) is 10.00 Å². The minimum atomic E-state index is -0.679. The van der Waals surface area contributed by atoms with Gasteiger partial charge in [-0.15, -0.1) is 5.10 Å². The number of nitrogens with zero attached hydrogens (tertiary/aromatic N) is 5. The maximum atomic E-state index is 14.0. The van der Waals surface area contributed by atoms with Crippen LogP contribution in [-0.2, 0) is 30.9 Å². The highest BCUT2D eigenvalue weighted by Gasteiger charge is 2.25. The summed E-state index contributed by atoms with van der Waals surface area (Å²) < 4.78 is 21.9. The number of esters is 1. The van der Waals surface area contributed by atoms with Crippen LogP contribution in [0.1, 0.15) is 38.4 Å². The van der Waals surface area contributed by atoms with Crippen molar-refractivity contribution in [2.45, 2.75) is 33.0 Å². The van der Waals surface area contributed by atoms with E-state index in [0.717, 1.165) is 30.2 Å². The second-order valence-electron chi connectivity index (χ2n) is 8.02. The van der Waals surface area contributed by atoms with Crippen molar-refractivity contribution in [2.24, 2.45) is 0 Å². The first-order valence-electron chi connectivity index (χ1n) is 10.4. The molecule has 2 aliphatic rings. The smallest absolute Gasteiger partial charge is 0.350 e. The normalized spacial score (nSPS) is 15.2. The molecule has 0 aliphatic carbocycles. The second kappa shape index (κ2) is 7.73. The summed E-state index contributed by atoms with van der Waals surface area (Å²) in [4.78, 5) is 26.7. The lowest BCUT2D eigenvalue weighted by molar-refractivity contribution is 0.0535. The highest BCUT2D eigenvalue weighted by atomic mass is 19.1. The van der Waals surface area contributed by atoms with Crippen molar-refractivity contribution in [2.75, 3.05) is 13.1 Å². The Balaban J connectivity index is 1.32. The molecule has 9 heteroatoms. The fraction of sp³-hybridized carbons (Fsp3) is 0.304. The molecule has 3 heterocycles. The van der Waals surface area contributed by atoms with Crippen molar-refractivity contribution in [1.29, 1.82) is 5.26 Å². The predicted octanol–water partition coefficient (Wildman–Crippen LogP) is 2.08. The molecule has 32 heavy (non-hydrogen) atoms. The molecular formula is C23H20FN5O3. The molecule has 0 N–H and O–H groups in total. The first kappa shape index (κ1) is 20.2. The van der Waals surface area contributed by atoms with E-state index in [-0.39, 0.29) is 17.2 Å². The third kappa shape index (κ3) is 3.29. The Kier molecular flexibility index (Phi) is 4.87. The minimum absolute atomic E-state index is 0.0743. The van der Waals surface area contributed by atoms with Gasteiger partial charge < -0.3 is 4.74 Å². The highest BCUT2D eigenvalue weighted by molar-refractivity contribution is 5.93. The van der Waals surface area contributed by atoms with E-state index >= 15 is 0 Å².